The molecule has 2 rings (SSSR count). The third-order valence-electron chi connectivity index (χ3n) is 2.86. The lowest BCUT2D eigenvalue weighted by Gasteiger charge is -2.08. The Hall–Kier alpha value is -2.34. The van der Waals surface area contributed by atoms with E-state index in [9.17, 15) is 9.59 Å². The molecule has 6 heteroatoms. The van der Waals surface area contributed by atoms with E-state index in [2.05, 4.69) is 21.2 Å². The molecule has 0 saturated carbocycles. The SMILES string of the molecule is CCOC(=O)c1ccc(NC(=O)COc2ccc(Br)cc2)cc1. The van der Waals surface area contributed by atoms with Crippen LogP contribution in [0.15, 0.2) is 53.0 Å². The van der Waals surface area contributed by atoms with Gasteiger partial charge < -0.3 is 14.8 Å². The summed E-state index contributed by atoms with van der Waals surface area (Å²) in [6.07, 6.45) is 0. The van der Waals surface area contributed by atoms with E-state index in [1.165, 1.54) is 0 Å². The quantitative estimate of drug-likeness (QED) is 0.780. The van der Waals surface area contributed by atoms with Gasteiger partial charge in [-0.2, -0.15) is 0 Å². The van der Waals surface area contributed by atoms with Crippen LogP contribution in [0.25, 0.3) is 0 Å². The smallest absolute Gasteiger partial charge is 0.338 e. The van der Waals surface area contributed by atoms with Crippen molar-refractivity contribution in [1.82, 2.24) is 0 Å². The molecule has 0 aliphatic rings. The van der Waals surface area contributed by atoms with Gasteiger partial charge in [0.1, 0.15) is 5.75 Å². The van der Waals surface area contributed by atoms with E-state index in [4.69, 9.17) is 9.47 Å². The summed E-state index contributed by atoms with van der Waals surface area (Å²) in [5, 5.41) is 2.70. The van der Waals surface area contributed by atoms with Crippen LogP contribution in [0.2, 0.25) is 0 Å². The Kier molecular flexibility index (Phi) is 6.17. The maximum atomic E-state index is 11.8. The number of rotatable bonds is 6. The highest BCUT2D eigenvalue weighted by Crippen LogP contribution is 2.16. The number of hydrogen-bond acceptors (Lipinski definition) is 4. The lowest BCUT2D eigenvalue weighted by Crippen LogP contribution is -2.20. The molecule has 2 aromatic carbocycles. The lowest BCUT2D eigenvalue weighted by atomic mass is 10.2. The zero-order valence-electron chi connectivity index (χ0n) is 12.5. The Labute approximate surface area is 142 Å². The highest BCUT2D eigenvalue weighted by atomic mass is 79.9. The monoisotopic (exact) mass is 377 g/mol. The van der Waals surface area contributed by atoms with Crippen molar-refractivity contribution < 1.29 is 19.1 Å². The first kappa shape index (κ1) is 17.0. The van der Waals surface area contributed by atoms with E-state index in [1.54, 1.807) is 43.3 Å². The normalized spacial score (nSPS) is 10.0. The Morgan fingerprint density at radius 2 is 1.70 bits per heavy atom. The number of amides is 1. The number of carbonyl (C=O) groups excluding carboxylic acids is 2. The first-order valence-electron chi connectivity index (χ1n) is 7.04. The summed E-state index contributed by atoms with van der Waals surface area (Å²) in [5.41, 5.74) is 1.03. The predicted octanol–water partition coefficient (Wildman–Crippen LogP) is 3.64. The molecule has 1 N–H and O–H groups in total. The minimum Gasteiger partial charge on any atom is -0.484 e. The number of carbonyl (C=O) groups is 2. The molecule has 0 spiro atoms. The van der Waals surface area contributed by atoms with Crippen LogP contribution in [-0.2, 0) is 9.53 Å². The fourth-order valence-corrected chi connectivity index (χ4v) is 2.05. The maximum Gasteiger partial charge on any atom is 0.338 e. The van der Waals surface area contributed by atoms with Gasteiger partial charge in [-0.25, -0.2) is 4.79 Å². The van der Waals surface area contributed by atoms with Crippen molar-refractivity contribution in [2.45, 2.75) is 6.92 Å². The molecule has 1 amide bonds. The number of halogens is 1. The summed E-state index contributed by atoms with van der Waals surface area (Å²) >= 11 is 3.33. The third-order valence-corrected chi connectivity index (χ3v) is 3.39. The fraction of sp³-hybridized carbons (Fsp3) is 0.176. The molecule has 23 heavy (non-hydrogen) atoms. The minimum atomic E-state index is -0.385. The molecule has 0 radical (unpaired) electrons. The topological polar surface area (TPSA) is 64.6 Å². The third kappa shape index (κ3) is 5.41. The Morgan fingerprint density at radius 1 is 1.04 bits per heavy atom. The molecule has 0 fully saturated rings. The molecular formula is C17H16BrNO4. The summed E-state index contributed by atoms with van der Waals surface area (Å²) in [6, 6.07) is 13.7. The summed E-state index contributed by atoms with van der Waals surface area (Å²) in [7, 11) is 0. The van der Waals surface area contributed by atoms with Crippen molar-refractivity contribution in [2.24, 2.45) is 0 Å². The van der Waals surface area contributed by atoms with Crippen LogP contribution in [0.3, 0.4) is 0 Å². The van der Waals surface area contributed by atoms with Crippen molar-refractivity contribution in [2.75, 3.05) is 18.5 Å². The number of benzene rings is 2. The van der Waals surface area contributed by atoms with Crippen molar-refractivity contribution >= 4 is 33.5 Å². The van der Waals surface area contributed by atoms with Gasteiger partial charge in [-0.15, -0.1) is 0 Å². The second kappa shape index (κ2) is 8.33. The first-order chi connectivity index (χ1) is 11.1. The number of anilines is 1. The van der Waals surface area contributed by atoms with Crippen LogP contribution < -0.4 is 10.1 Å². The number of esters is 1. The Morgan fingerprint density at radius 3 is 2.30 bits per heavy atom. The Bertz CT molecular complexity index is 668. The van der Waals surface area contributed by atoms with Gasteiger partial charge in [0, 0.05) is 10.2 Å². The summed E-state index contributed by atoms with van der Waals surface area (Å²) in [6.45, 7) is 1.98. The first-order valence-corrected chi connectivity index (χ1v) is 7.83. The van der Waals surface area contributed by atoms with Crippen molar-refractivity contribution in [1.29, 1.82) is 0 Å². The maximum absolute atomic E-state index is 11.8. The van der Waals surface area contributed by atoms with Gasteiger partial charge in [-0.1, -0.05) is 15.9 Å². The molecule has 0 saturated heterocycles. The highest BCUT2D eigenvalue weighted by molar-refractivity contribution is 9.10. The second-order valence-corrected chi connectivity index (χ2v) is 5.50. The number of ether oxygens (including phenoxy) is 2. The molecule has 0 aliphatic carbocycles. The highest BCUT2D eigenvalue weighted by Gasteiger charge is 2.07. The van der Waals surface area contributed by atoms with Gasteiger partial charge in [0.15, 0.2) is 6.61 Å². The van der Waals surface area contributed by atoms with Crippen LogP contribution in [0.5, 0.6) is 5.75 Å². The van der Waals surface area contributed by atoms with E-state index in [-0.39, 0.29) is 18.5 Å². The van der Waals surface area contributed by atoms with Crippen LogP contribution in [0, 0.1) is 0 Å². The van der Waals surface area contributed by atoms with Crippen molar-refractivity contribution in [3.05, 3.63) is 58.6 Å². The number of hydrogen-bond donors (Lipinski definition) is 1. The summed E-state index contributed by atoms with van der Waals surface area (Å²) in [4.78, 5) is 23.4. The van der Waals surface area contributed by atoms with Gasteiger partial charge in [0.05, 0.1) is 12.2 Å². The van der Waals surface area contributed by atoms with Gasteiger partial charge in [-0.3, -0.25) is 4.79 Å². The average molecular weight is 378 g/mol. The molecular weight excluding hydrogens is 362 g/mol. The van der Waals surface area contributed by atoms with E-state index in [0.717, 1.165) is 4.47 Å². The molecule has 0 unspecified atom stereocenters. The largest absolute Gasteiger partial charge is 0.484 e. The van der Waals surface area contributed by atoms with E-state index >= 15 is 0 Å². The number of nitrogens with one attached hydrogen (secondary N) is 1. The van der Waals surface area contributed by atoms with Crippen LogP contribution in [-0.4, -0.2) is 25.1 Å². The summed E-state index contributed by atoms with van der Waals surface area (Å²) < 4.78 is 11.2. The van der Waals surface area contributed by atoms with E-state index in [0.29, 0.717) is 23.6 Å². The van der Waals surface area contributed by atoms with Crippen molar-refractivity contribution in [3.63, 3.8) is 0 Å². The molecule has 2 aromatic rings. The van der Waals surface area contributed by atoms with Crippen LogP contribution >= 0.6 is 15.9 Å². The molecule has 0 atom stereocenters. The molecule has 0 bridgehead atoms. The van der Waals surface area contributed by atoms with Gasteiger partial charge >= 0.3 is 5.97 Å². The molecule has 5 nitrogen and oxygen atoms in total. The zero-order valence-corrected chi connectivity index (χ0v) is 14.1. The predicted molar refractivity (Wildman–Crippen MR) is 90.7 cm³/mol. The van der Waals surface area contributed by atoms with Gasteiger partial charge in [-0.05, 0) is 55.5 Å². The van der Waals surface area contributed by atoms with Gasteiger partial charge in [0.2, 0.25) is 0 Å². The lowest BCUT2D eigenvalue weighted by molar-refractivity contribution is -0.118. The van der Waals surface area contributed by atoms with E-state index < -0.39 is 0 Å². The van der Waals surface area contributed by atoms with Crippen LogP contribution in [0.1, 0.15) is 17.3 Å². The zero-order chi connectivity index (χ0) is 16.7. The molecule has 0 aliphatic heterocycles. The molecule has 120 valence electrons. The standard InChI is InChI=1S/C17H16BrNO4/c1-2-22-17(21)12-3-7-14(8-4-12)19-16(20)11-23-15-9-5-13(18)6-10-15/h3-10H,2,11H2,1H3,(H,19,20). The van der Waals surface area contributed by atoms with E-state index in [1.807, 2.05) is 12.1 Å². The minimum absolute atomic E-state index is 0.0960. The fourth-order valence-electron chi connectivity index (χ4n) is 1.78. The van der Waals surface area contributed by atoms with Gasteiger partial charge in [0.25, 0.3) is 5.91 Å². The molecule has 0 aromatic heterocycles. The second-order valence-electron chi connectivity index (χ2n) is 4.59. The Balaban J connectivity index is 1.85. The summed E-state index contributed by atoms with van der Waals surface area (Å²) in [5.74, 6) is -0.0539. The van der Waals surface area contributed by atoms with Crippen LogP contribution in [0.4, 0.5) is 5.69 Å². The molecule has 0 heterocycles. The van der Waals surface area contributed by atoms with Crippen molar-refractivity contribution in [3.8, 4) is 5.75 Å². The average Bonchev–Trinajstić information content (AvgIpc) is 2.55.